The fraction of sp³-hybridized carbons (Fsp3) is 0.804. The highest BCUT2D eigenvalue weighted by atomic mass is 35.6. The highest BCUT2D eigenvalue weighted by molar-refractivity contribution is 6.68. The fourth-order valence-electron chi connectivity index (χ4n) is 7.82. The van der Waals surface area contributed by atoms with E-state index in [9.17, 15) is 57.8 Å². The zero-order valence-corrected chi connectivity index (χ0v) is 64.1. The molecule has 0 unspecified atom stereocenters. The molecule has 0 saturated carbocycles. The third-order valence-electron chi connectivity index (χ3n) is 12.0. The van der Waals surface area contributed by atoms with Crippen molar-refractivity contribution in [3.05, 3.63) is 0 Å². The summed E-state index contributed by atoms with van der Waals surface area (Å²) in [6.07, 6.45) is -0.424. The number of aliphatic carboxylic acids is 1. The Bertz CT molecular complexity index is 2510. The number of carboxylic acid groups (broad SMARTS) is 1. The molecular formula is C56H92Cl11N9O20. The van der Waals surface area contributed by atoms with Gasteiger partial charge in [-0.15, -0.1) is 23.2 Å². The third kappa shape index (κ3) is 44.9. The van der Waals surface area contributed by atoms with E-state index < -0.39 is 155 Å². The second-order valence-electron chi connectivity index (χ2n) is 24.7. The first-order valence-electron chi connectivity index (χ1n) is 29.7. The summed E-state index contributed by atoms with van der Waals surface area (Å²) in [7, 11) is 0. The molecule has 558 valence electrons. The minimum atomic E-state index is -1.75. The molecule has 29 nitrogen and oxygen atoms in total. The average Bonchev–Trinajstić information content (AvgIpc) is 0.885. The van der Waals surface area contributed by atoms with Gasteiger partial charge in [0.1, 0.15) is 66.8 Å². The summed E-state index contributed by atoms with van der Waals surface area (Å²) in [5.41, 5.74) is 11.8. The quantitative estimate of drug-likeness (QED) is 0.0360. The summed E-state index contributed by atoms with van der Waals surface area (Å²) in [6.45, 7) is 22.6. The number of hydrazine groups is 3. The van der Waals surface area contributed by atoms with Gasteiger partial charge in [0.25, 0.3) is 17.7 Å². The molecule has 3 rings (SSSR count). The number of halogens is 11. The van der Waals surface area contributed by atoms with Crippen LogP contribution >= 0.6 is 128 Å². The number of carboxylic acids is 1. The van der Waals surface area contributed by atoms with Crippen molar-refractivity contribution in [3.8, 4) is 0 Å². The summed E-state index contributed by atoms with van der Waals surface area (Å²) in [4.78, 5) is 131. The van der Waals surface area contributed by atoms with Gasteiger partial charge in [0.05, 0.1) is 48.3 Å². The van der Waals surface area contributed by atoms with Crippen LogP contribution in [0.25, 0.3) is 0 Å². The van der Waals surface area contributed by atoms with Crippen molar-refractivity contribution in [2.45, 2.75) is 225 Å². The largest absolute Gasteiger partial charge is 0.481 e. The number of amides is 5. The summed E-state index contributed by atoms with van der Waals surface area (Å²) in [5, 5.41) is 36.8. The molecule has 3 saturated heterocycles. The first-order valence-corrected chi connectivity index (χ1v) is 34.1. The average molecular weight is 1600 g/mol. The van der Waals surface area contributed by atoms with Gasteiger partial charge in [-0.3, -0.25) is 63.0 Å². The van der Waals surface area contributed by atoms with Crippen LogP contribution < -0.4 is 32.6 Å². The van der Waals surface area contributed by atoms with Crippen molar-refractivity contribution in [1.82, 2.24) is 41.9 Å². The third-order valence-corrected chi connectivity index (χ3v) is 13.0. The summed E-state index contributed by atoms with van der Waals surface area (Å²) < 4.78 is 24.9. The van der Waals surface area contributed by atoms with Gasteiger partial charge in [-0.2, -0.15) is 0 Å². The summed E-state index contributed by atoms with van der Waals surface area (Å²) in [6, 6.07) is -4.68. The van der Waals surface area contributed by atoms with E-state index in [1.165, 1.54) is 42.7 Å². The number of carbonyl (C=O) groups excluding carboxylic acids is 10. The highest BCUT2D eigenvalue weighted by Crippen LogP contribution is 2.29. The van der Waals surface area contributed by atoms with Gasteiger partial charge in [0, 0.05) is 19.6 Å². The molecule has 0 aromatic rings. The number of hydrogen-bond donors (Lipinski definition) is 9. The Labute approximate surface area is 614 Å². The van der Waals surface area contributed by atoms with Crippen LogP contribution in [-0.4, -0.2) is 217 Å². The number of aliphatic hydroxyl groups excluding tert-OH is 2. The van der Waals surface area contributed by atoms with Crippen LogP contribution in [0.3, 0.4) is 0 Å². The molecule has 0 aliphatic carbocycles. The molecule has 5 amide bonds. The Morgan fingerprint density at radius 1 is 0.490 bits per heavy atom. The minimum Gasteiger partial charge on any atom is -0.481 e. The van der Waals surface area contributed by atoms with E-state index in [0.717, 1.165) is 0 Å². The van der Waals surface area contributed by atoms with Crippen LogP contribution in [0, 0.1) is 11.8 Å². The van der Waals surface area contributed by atoms with Crippen molar-refractivity contribution >= 4 is 193 Å². The Kier molecular flexibility index (Phi) is 43.9. The number of aliphatic hydroxyl groups is 2. The zero-order valence-electron chi connectivity index (χ0n) is 55.7. The van der Waals surface area contributed by atoms with Crippen molar-refractivity contribution in [1.29, 1.82) is 0 Å². The number of nitrogens with one attached hydrogen (secondary N) is 5. The minimum absolute atomic E-state index is 0.194. The van der Waals surface area contributed by atoms with Gasteiger partial charge in [-0.25, -0.2) is 21.1 Å². The van der Waals surface area contributed by atoms with E-state index in [-0.39, 0.29) is 37.3 Å². The lowest BCUT2D eigenvalue weighted by molar-refractivity contribution is -0.162. The van der Waals surface area contributed by atoms with Crippen LogP contribution in [0.15, 0.2) is 0 Å². The standard InChI is InChI=1S/C20H32Cl3N3O7.C15H24Cl3N3O5.C10H16Cl3N3O3.C10H18O5.CH2Cl2/c1-11(24-16(29)13(12(2)27)9-15(28)33-19(3,4)5)17(30)26-8-6-7-14(25-26)18(31)32-10-20(21,22)23;1-9(19-13(24)26-14(2,3)4)11(22)21-7-5-6-10(20-21)12(23)25-8-15(16,17)18;1-6(14)8(17)16-4-2-3-7(15-16)9(18)19-5-10(11,12)13;1-6(11)7(9(13)14)5-8(12)15-10(2,3)4;2-1-3/h11-14,25,27H,6-10H2,1-5H3,(H,24,29);9-10,20H,5-8H2,1-4H3,(H,19,24);6-7,15H,2-5,14H2,1H3;6-7,11H,5H2,1-4H3,(H,13,14);1H2/t11-,12+,13-,14-;9-,10-;6-,7-;6-,7+;/m0001./s1. The second kappa shape index (κ2) is 44.3. The first kappa shape index (κ1) is 95.0. The number of hydrogen-bond acceptors (Lipinski definition) is 23. The Morgan fingerprint density at radius 2 is 0.771 bits per heavy atom. The molecule has 10 atom stereocenters. The lowest BCUT2D eigenvalue weighted by Gasteiger charge is -2.34. The predicted octanol–water partition coefficient (Wildman–Crippen LogP) is 6.90. The summed E-state index contributed by atoms with van der Waals surface area (Å²) >= 11 is 59.4. The van der Waals surface area contributed by atoms with E-state index in [4.69, 9.17) is 172 Å². The van der Waals surface area contributed by atoms with Gasteiger partial charge in [-0.05, 0) is 135 Å². The van der Waals surface area contributed by atoms with Gasteiger partial charge in [0.15, 0.2) is 0 Å². The molecule has 3 aliphatic rings. The molecule has 0 aromatic heterocycles. The maximum atomic E-state index is 12.8. The number of rotatable bonds is 19. The molecule has 3 heterocycles. The molecule has 0 spiro atoms. The van der Waals surface area contributed by atoms with E-state index in [1.54, 1.807) is 69.2 Å². The predicted molar refractivity (Wildman–Crippen MR) is 363 cm³/mol. The molecule has 3 fully saturated rings. The number of carbonyl (C=O) groups is 11. The molecular weight excluding hydrogens is 1510 g/mol. The maximum absolute atomic E-state index is 12.8. The fourth-order valence-corrected chi connectivity index (χ4v) is 8.31. The molecule has 10 N–H and O–H groups in total. The first-order chi connectivity index (χ1) is 43.5. The van der Waals surface area contributed by atoms with E-state index >= 15 is 0 Å². The smallest absolute Gasteiger partial charge is 0.408 e. The highest BCUT2D eigenvalue weighted by Gasteiger charge is 2.38. The monoisotopic (exact) mass is 1600 g/mol. The van der Waals surface area contributed by atoms with Crippen molar-refractivity contribution in [3.63, 3.8) is 0 Å². The van der Waals surface area contributed by atoms with Crippen LogP contribution in [0.5, 0.6) is 0 Å². The van der Waals surface area contributed by atoms with Gasteiger partial charge < -0.3 is 60.1 Å². The lowest BCUT2D eigenvalue weighted by Crippen LogP contribution is -2.60. The van der Waals surface area contributed by atoms with Crippen molar-refractivity contribution in [2.24, 2.45) is 17.6 Å². The van der Waals surface area contributed by atoms with E-state index in [1.807, 2.05) is 0 Å². The zero-order chi connectivity index (χ0) is 75.2. The molecule has 0 aromatic carbocycles. The molecule has 40 heteroatoms. The van der Waals surface area contributed by atoms with Gasteiger partial charge >= 0.3 is 41.9 Å². The molecule has 0 bridgehead atoms. The van der Waals surface area contributed by atoms with Crippen LogP contribution in [0.4, 0.5) is 4.79 Å². The Morgan fingerprint density at radius 3 is 1.03 bits per heavy atom. The number of alkyl carbamates (subject to hydrolysis) is 1. The SMILES string of the molecule is C[C@@H](O)[C@H](CC(=O)OC(C)(C)C)C(=O)O.C[C@H](N)C(=O)N1CCC[C@@H](C(=O)OCC(Cl)(Cl)Cl)N1.C[C@H](NC(=O)OC(C)(C)C)C(=O)N1CCC[C@@H](C(=O)OCC(Cl)(Cl)Cl)N1.C[C@H](NC(=O)[C@@H](CC(=O)OC(C)(C)C)[C@@H](C)O)C(=O)N1CCC[C@@H](C(=O)OCC(Cl)(Cl)Cl)N1.ClCCl. The van der Waals surface area contributed by atoms with Crippen LogP contribution in [-0.2, 0) is 76.4 Å². The topological polar surface area (TPSA) is 400 Å². The van der Waals surface area contributed by atoms with E-state index in [2.05, 4.69) is 26.9 Å². The maximum Gasteiger partial charge on any atom is 0.408 e. The number of nitrogens with two attached hydrogens (primary N) is 1. The van der Waals surface area contributed by atoms with Crippen LogP contribution in [0.1, 0.15) is 148 Å². The number of nitrogens with zero attached hydrogens (tertiary/aromatic N) is 3. The van der Waals surface area contributed by atoms with E-state index in [0.29, 0.717) is 58.2 Å². The lowest BCUT2D eigenvalue weighted by atomic mass is 9.98. The molecule has 3 aliphatic heterocycles. The number of ether oxygens (including phenoxy) is 6. The normalized spacial score (nSPS) is 19.0. The van der Waals surface area contributed by atoms with Gasteiger partial charge in [0.2, 0.25) is 17.3 Å². The Hall–Kier alpha value is -3.08. The van der Waals surface area contributed by atoms with Crippen molar-refractivity contribution < 1.29 is 96.5 Å². The van der Waals surface area contributed by atoms with Gasteiger partial charge in [-0.1, -0.05) is 104 Å². The summed E-state index contributed by atoms with van der Waals surface area (Å²) in [5.74, 6) is -8.40. The molecule has 96 heavy (non-hydrogen) atoms. The Balaban J connectivity index is 0. The van der Waals surface area contributed by atoms with Crippen LogP contribution in [0.2, 0.25) is 0 Å². The number of alkyl halides is 11. The number of esters is 5. The molecule has 0 radical (unpaired) electrons. The second-order valence-corrected chi connectivity index (χ2v) is 33.1. The van der Waals surface area contributed by atoms with Crippen molar-refractivity contribution in [2.75, 3.05) is 44.8 Å².